The van der Waals surface area contributed by atoms with E-state index in [1.54, 1.807) is 33.8 Å². The third kappa shape index (κ3) is 7.59. The molecule has 0 aliphatic rings. The monoisotopic (exact) mass is 538 g/mol. The van der Waals surface area contributed by atoms with Gasteiger partial charge in [-0.25, -0.2) is 4.68 Å². The van der Waals surface area contributed by atoms with Crippen LogP contribution < -0.4 is 10.1 Å². The standard InChI is InChI=1S/C33H38N4O3/c1-5-6-21-40-28-19-17-26(18-20-28)32(39)36(23-25-13-9-7-10-14-25)24-31(38)34-30-22-29(33(2,3)4)35-37(30)27-15-11-8-12-16-27/h7-20,22H,5-6,21,23-24H2,1-4H3,(H,34,38). The molecule has 0 saturated carbocycles. The highest BCUT2D eigenvalue weighted by Gasteiger charge is 2.24. The fourth-order valence-corrected chi connectivity index (χ4v) is 4.17. The molecule has 2 amide bonds. The molecule has 208 valence electrons. The first kappa shape index (κ1) is 28.6. The zero-order valence-electron chi connectivity index (χ0n) is 23.8. The fraction of sp³-hybridized carbons (Fsp3) is 0.303. The first-order valence-corrected chi connectivity index (χ1v) is 13.8. The second-order valence-electron chi connectivity index (χ2n) is 10.8. The van der Waals surface area contributed by atoms with Crippen molar-refractivity contribution in [3.8, 4) is 11.4 Å². The van der Waals surface area contributed by atoms with E-state index < -0.39 is 0 Å². The highest BCUT2D eigenvalue weighted by molar-refractivity contribution is 5.99. The van der Waals surface area contributed by atoms with Gasteiger partial charge in [0.2, 0.25) is 5.91 Å². The summed E-state index contributed by atoms with van der Waals surface area (Å²) in [4.78, 5) is 28.6. The Morgan fingerprint density at radius 2 is 1.57 bits per heavy atom. The maximum atomic E-state index is 13.6. The zero-order chi connectivity index (χ0) is 28.5. The number of ether oxygens (including phenoxy) is 1. The number of amides is 2. The van der Waals surface area contributed by atoms with Crippen LogP contribution in [0, 0.1) is 0 Å². The predicted molar refractivity (Wildman–Crippen MR) is 159 cm³/mol. The smallest absolute Gasteiger partial charge is 0.254 e. The van der Waals surface area contributed by atoms with Crippen molar-refractivity contribution in [3.63, 3.8) is 0 Å². The number of nitrogens with one attached hydrogen (secondary N) is 1. The number of hydrogen-bond donors (Lipinski definition) is 1. The Hall–Kier alpha value is -4.39. The average Bonchev–Trinajstić information content (AvgIpc) is 3.38. The molecule has 0 spiro atoms. The number of carbonyl (C=O) groups excluding carboxylic acids is 2. The van der Waals surface area contributed by atoms with Crippen LogP contribution in [0.25, 0.3) is 5.69 Å². The van der Waals surface area contributed by atoms with E-state index in [0.717, 1.165) is 35.5 Å². The van der Waals surface area contributed by atoms with Crippen LogP contribution in [-0.4, -0.2) is 39.6 Å². The van der Waals surface area contributed by atoms with Crippen molar-refractivity contribution >= 4 is 17.6 Å². The molecule has 0 radical (unpaired) electrons. The summed E-state index contributed by atoms with van der Waals surface area (Å²) in [6.45, 7) is 9.17. The number of rotatable bonds is 11. The summed E-state index contributed by atoms with van der Waals surface area (Å²) >= 11 is 0. The van der Waals surface area contributed by atoms with Gasteiger partial charge in [-0.05, 0) is 48.4 Å². The van der Waals surface area contributed by atoms with E-state index in [4.69, 9.17) is 9.84 Å². The molecule has 7 heteroatoms. The molecule has 7 nitrogen and oxygen atoms in total. The third-order valence-electron chi connectivity index (χ3n) is 6.45. The van der Waals surface area contributed by atoms with E-state index in [0.29, 0.717) is 24.5 Å². The minimum atomic E-state index is -0.304. The third-order valence-corrected chi connectivity index (χ3v) is 6.45. The lowest BCUT2D eigenvalue weighted by atomic mass is 9.92. The molecule has 3 aromatic carbocycles. The minimum absolute atomic E-state index is 0.118. The predicted octanol–water partition coefficient (Wildman–Crippen LogP) is 6.63. The summed E-state index contributed by atoms with van der Waals surface area (Å²) < 4.78 is 7.48. The minimum Gasteiger partial charge on any atom is -0.494 e. The van der Waals surface area contributed by atoms with Gasteiger partial charge in [-0.1, -0.05) is 82.6 Å². The molecule has 0 unspecified atom stereocenters. The molecule has 0 atom stereocenters. The van der Waals surface area contributed by atoms with E-state index >= 15 is 0 Å². The van der Waals surface area contributed by atoms with Crippen molar-refractivity contribution in [1.82, 2.24) is 14.7 Å². The second kappa shape index (κ2) is 13.1. The molecule has 0 fully saturated rings. The summed E-state index contributed by atoms with van der Waals surface area (Å²) in [5.74, 6) is 0.746. The molecule has 1 heterocycles. The molecule has 40 heavy (non-hydrogen) atoms. The molecule has 1 N–H and O–H groups in total. The van der Waals surface area contributed by atoms with Crippen molar-refractivity contribution < 1.29 is 14.3 Å². The molecule has 0 aliphatic carbocycles. The molecular weight excluding hydrogens is 500 g/mol. The Morgan fingerprint density at radius 3 is 2.20 bits per heavy atom. The molecule has 1 aromatic heterocycles. The topological polar surface area (TPSA) is 76.5 Å². The van der Waals surface area contributed by atoms with Gasteiger partial charge in [-0.15, -0.1) is 0 Å². The fourth-order valence-electron chi connectivity index (χ4n) is 4.17. The molecule has 0 aliphatic heterocycles. The average molecular weight is 539 g/mol. The Bertz CT molecular complexity index is 1390. The van der Waals surface area contributed by atoms with Crippen LogP contribution in [0.15, 0.2) is 91.0 Å². The van der Waals surface area contributed by atoms with Gasteiger partial charge in [0.25, 0.3) is 5.91 Å². The first-order chi connectivity index (χ1) is 19.2. The molecule has 0 bridgehead atoms. The Labute approximate surface area is 236 Å². The number of benzene rings is 3. The number of unbranched alkanes of at least 4 members (excludes halogenated alkanes) is 1. The van der Waals surface area contributed by atoms with E-state index in [2.05, 4.69) is 33.0 Å². The SMILES string of the molecule is CCCCOc1ccc(C(=O)N(CC(=O)Nc2cc(C(C)(C)C)nn2-c2ccccc2)Cc2ccccc2)cc1. The maximum Gasteiger partial charge on any atom is 0.254 e. The number of anilines is 1. The van der Waals surface area contributed by atoms with E-state index in [-0.39, 0.29) is 23.8 Å². The van der Waals surface area contributed by atoms with Gasteiger partial charge in [0, 0.05) is 23.6 Å². The van der Waals surface area contributed by atoms with Gasteiger partial charge in [0.15, 0.2) is 0 Å². The Morgan fingerprint density at radius 1 is 0.925 bits per heavy atom. The highest BCUT2D eigenvalue weighted by Crippen LogP contribution is 2.26. The van der Waals surface area contributed by atoms with Crippen molar-refractivity contribution in [2.45, 2.75) is 52.5 Å². The van der Waals surface area contributed by atoms with Gasteiger partial charge < -0.3 is 15.0 Å². The number of para-hydroxylation sites is 1. The van der Waals surface area contributed by atoms with Crippen LogP contribution in [0.2, 0.25) is 0 Å². The number of carbonyl (C=O) groups is 2. The van der Waals surface area contributed by atoms with Crippen molar-refractivity contribution in [2.75, 3.05) is 18.5 Å². The lowest BCUT2D eigenvalue weighted by molar-refractivity contribution is -0.117. The molecule has 4 aromatic rings. The summed E-state index contributed by atoms with van der Waals surface area (Å²) in [6, 6.07) is 28.3. The van der Waals surface area contributed by atoms with E-state index in [1.165, 1.54) is 0 Å². The summed E-state index contributed by atoms with van der Waals surface area (Å²) in [5, 5.41) is 7.79. The van der Waals surface area contributed by atoms with Gasteiger partial charge in [-0.2, -0.15) is 5.10 Å². The number of aromatic nitrogens is 2. The lowest BCUT2D eigenvalue weighted by Gasteiger charge is -2.23. The summed E-state index contributed by atoms with van der Waals surface area (Å²) in [5.41, 5.74) is 2.92. The van der Waals surface area contributed by atoms with Gasteiger partial charge in [0.05, 0.1) is 18.0 Å². The van der Waals surface area contributed by atoms with E-state index in [1.807, 2.05) is 66.7 Å². The summed E-state index contributed by atoms with van der Waals surface area (Å²) in [6.07, 6.45) is 2.03. The maximum absolute atomic E-state index is 13.6. The van der Waals surface area contributed by atoms with Gasteiger partial charge >= 0.3 is 0 Å². The van der Waals surface area contributed by atoms with Crippen LogP contribution in [-0.2, 0) is 16.8 Å². The quantitative estimate of drug-likeness (QED) is 0.218. The second-order valence-corrected chi connectivity index (χ2v) is 10.8. The largest absolute Gasteiger partial charge is 0.494 e. The first-order valence-electron chi connectivity index (χ1n) is 13.8. The zero-order valence-corrected chi connectivity index (χ0v) is 23.8. The number of hydrogen-bond acceptors (Lipinski definition) is 4. The molecule has 4 rings (SSSR count). The Kier molecular flexibility index (Phi) is 9.38. The van der Waals surface area contributed by atoms with Crippen LogP contribution in [0.3, 0.4) is 0 Å². The van der Waals surface area contributed by atoms with Crippen LogP contribution in [0.1, 0.15) is 62.2 Å². The molecule has 0 saturated heterocycles. The normalized spacial score (nSPS) is 11.2. The molecular formula is C33H38N4O3. The summed E-state index contributed by atoms with van der Waals surface area (Å²) in [7, 11) is 0. The lowest BCUT2D eigenvalue weighted by Crippen LogP contribution is -2.37. The van der Waals surface area contributed by atoms with Crippen LogP contribution >= 0.6 is 0 Å². The van der Waals surface area contributed by atoms with Gasteiger partial charge in [0.1, 0.15) is 18.1 Å². The van der Waals surface area contributed by atoms with E-state index in [9.17, 15) is 9.59 Å². The van der Waals surface area contributed by atoms with Gasteiger partial charge in [-0.3, -0.25) is 9.59 Å². The van der Waals surface area contributed by atoms with Crippen LogP contribution in [0.4, 0.5) is 5.82 Å². The number of nitrogens with zero attached hydrogens (tertiary/aromatic N) is 3. The van der Waals surface area contributed by atoms with Crippen molar-refractivity contribution in [1.29, 1.82) is 0 Å². The van der Waals surface area contributed by atoms with Crippen LogP contribution in [0.5, 0.6) is 5.75 Å². The van der Waals surface area contributed by atoms with Crippen molar-refractivity contribution in [3.05, 3.63) is 108 Å². The highest BCUT2D eigenvalue weighted by atomic mass is 16.5. The van der Waals surface area contributed by atoms with Crippen molar-refractivity contribution in [2.24, 2.45) is 0 Å². The Balaban J connectivity index is 1.56.